The predicted octanol–water partition coefficient (Wildman–Crippen LogP) is 5.23. The van der Waals surface area contributed by atoms with Crippen molar-refractivity contribution in [1.82, 2.24) is 5.32 Å². The van der Waals surface area contributed by atoms with Gasteiger partial charge in [0.2, 0.25) is 0 Å². The molecule has 1 heterocycles. The molecule has 1 N–H and O–H groups in total. The quantitative estimate of drug-likeness (QED) is 0.789. The van der Waals surface area contributed by atoms with E-state index in [1.54, 1.807) is 6.07 Å². The third kappa shape index (κ3) is 3.70. The second-order valence-corrected chi connectivity index (χ2v) is 6.63. The molecule has 0 aliphatic rings. The lowest BCUT2D eigenvalue weighted by atomic mass is 10.0. The Labute approximate surface area is 130 Å². The van der Waals surface area contributed by atoms with Crippen molar-refractivity contribution < 1.29 is 8.78 Å². The van der Waals surface area contributed by atoms with Gasteiger partial charge in [0.15, 0.2) is 11.6 Å². The van der Waals surface area contributed by atoms with Gasteiger partial charge in [0.05, 0.1) is 8.67 Å². The van der Waals surface area contributed by atoms with Crippen molar-refractivity contribution in [2.75, 3.05) is 6.54 Å². The Morgan fingerprint density at radius 2 is 1.95 bits per heavy atom. The molecule has 0 spiro atoms. The average Bonchev–Trinajstić information content (AvgIpc) is 2.72. The van der Waals surface area contributed by atoms with Gasteiger partial charge in [-0.3, -0.25) is 0 Å². The highest BCUT2D eigenvalue weighted by molar-refractivity contribution is 7.20. The van der Waals surface area contributed by atoms with E-state index < -0.39 is 11.6 Å². The summed E-state index contributed by atoms with van der Waals surface area (Å²) < 4.78 is 27.4. The van der Waals surface area contributed by atoms with Gasteiger partial charge in [-0.25, -0.2) is 8.78 Å². The largest absolute Gasteiger partial charge is 0.310 e. The van der Waals surface area contributed by atoms with Crippen LogP contribution in [0.2, 0.25) is 8.67 Å². The first-order valence-corrected chi connectivity index (χ1v) is 7.70. The Bertz CT molecular complexity index is 601. The molecule has 2 rings (SSSR count). The molecule has 6 heteroatoms. The van der Waals surface area contributed by atoms with E-state index in [0.717, 1.165) is 18.2 Å². The fourth-order valence-corrected chi connectivity index (χ4v) is 3.61. The first-order chi connectivity index (χ1) is 9.51. The first kappa shape index (κ1) is 15.7. The number of hydrogen-bond donors (Lipinski definition) is 1. The van der Waals surface area contributed by atoms with Gasteiger partial charge in [0.25, 0.3) is 0 Å². The maximum absolute atomic E-state index is 13.3. The van der Waals surface area contributed by atoms with Crippen LogP contribution in [0.4, 0.5) is 8.78 Å². The predicted molar refractivity (Wildman–Crippen MR) is 80.8 cm³/mol. The maximum Gasteiger partial charge on any atom is 0.159 e. The zero-order chi connectivity index (χ0) is 14.7. The number of thiophene rings is 1. The molecule has 0 saturated carbocycles. The highest BCUT2D eigenvalue weighted by atomic mass is 35.5. The number of benzene rings is 1. The van der Waals surface area contributed by atoms with E-state index in [9.17, 15) is 8.78 Å². The minimum absolute atomic E-state index is 0.0823. The molecule has 1 aromatic carbocycles. The minimum Gasteiger partial charge on any atom is -0.310 e. The number of halogens is 4. The fraction of sp³-hybridized carbons (Fsp3) is 0.286. The van der Waals surface area contributed by atoms with Crippen molar-refractivity contribution in [3.8, 4) is 0 Å². The summed E-state index contributed by atoms with van der Waals surface area (Å²) in [5, 5.41) is 3.28. The van der Waals surface area contributed by atoms with E-state index in [4.69, 9.17) is 23.2 Å². The van der Waals surface area contributed by atoms with Gasteiger partial charge in [-0.1, -0.05) is 36.2 Å². The van der Waals surface area contributed by atoms with E-state index in [2.05, 4.69) is 5.32 Å². The zero-order valence-corrected chi connectivity index (χ0v) is 13.0. The molecule has 0 fully saturated rings. The van der Waals surface area contributed by atoms with Crippen LogP contribution in [0.1, 0.15) is 24.1 Å². The monoisotopic (exact) mass is 335 g/mol. The molecule has 0 aliphatic heterocycles. The van der Waals surface area contributed by atoms with Crippen molar-refractivity contribution in [2.24, 2.45) is 0 Å². The molecule has 1 nitrogen and oxygen atoms in total. The lowest BCUT2D eigenvalue weighted by molar-refractivity contribution is 0.502. The Balaban J connectivity index is 2.25. The van der Waals surface area contributed by atoms with Crippen LogP contribution >= 0.6 is 34.5 Å². The Morgan fingerprint density at radius 1 is 1.20 bits per heavy atom. The van der Waals surface area contributed by atoms with Crippen LogP contribution in [-0.4, -0.2) is 6.54 Å². The minimum atomic E-state index is -0.842. The summed E-state index contributed by atoms with van der Waals surface area (Å²) in [6.45, 7) is 2.71. The van der Waals surface area contributed by atoms with Crippen molar-refractivity contribution in [3.63, 3.8) is 0 Å². The van der Waals surface area contributed by atoms with Crippen LogP contribution in [0.25, 0.3) is 0 Å². The highest BCUT2D eigenvalue weighted by Crippen LogP contribution is 2.36. The maximum atomic E-state index is 13.3. The fourth-order valence-electron chi connectivity index (χ4n) is 2.03. The summed E-state index contributed by atoms with van der Waals surface area (Å²) in [5.41, 5.74) is 1.58. The van der Waals surface area contributed by atoms with E-state index in [1.165, 1.54) is 17.4 Å². The van der Waals surface area contributed by atoms with E-state index in [1.807, 2.05) is 13.0 Å². The summed E-state index contributed by atoms with van der Waals surface area (Å²) in [4.78, 5) is 0. The molecular weight excluding hydrogens is 323 g/mol. The first-order valence-electron chi connectivity index (χ1n) is 6.13. The van der Waals surface area contributed by atoms with Crippen LogP contribution in [0.15, 0.2) is 24.3 Å². The summed E-state index contributed by atoms with van der Waals surface area (Å²) in [7, 11) is 0. The molecule has 1 unspecified atom stereocenters. The standard InChI is InChI=1S/C14H13Cl2F2NS/c1-2-19-12(9-7-13(15)20-14(9)16)6-8-3-4-10(17)11(18)5-8/h3-5,7,12,19H,2,6H2,1H3. The lowest BCUT2D eigenvalue weighted by Crippen LogP contribution is -2.22. The van der Waals surface area contributed by atoms with Crippen molar-refractivity contribution in [3.05, 3.63) is 55.7 Å². The molecule has 0 aliphatic carbocycles. The molecule has 2 aromatic rings. The van der Waals surface area contributed by atoms with Gasteiger partial charge in [-0.15, -0.1) is 11.3 Å². The molecule has 108 valence electrons. The molecule has 0 bridgehead atoms. The molecule has 0 saturated heterocycles. The third-order valence-corrected chi connectivity index (χ3v) is 4.45. The van der Waals surface area contributed by atoms with Gasteiger partial charge in [0, 0.05) is 11.6 Å². The van der Waals surface area contributed by atoms with E-state index >= 15 is 0 Å². The Kier molecular flexibility index (Phi) is 5.38. The molecule has 20 heavy (non-hydrogen) atoms. The molecule has 0 radical (unpaired) electrons. The van der Waals surface area contributed by atoms with Gasteiger partial charge in [-0.05, 0) is 36.7 Å². The highest BCUT2D eigenvalue weighted by Gasteiger charge is 2.18. The number of likely N-dealkylation sites (N-methyl/N-ethyl adjacent to an activating group) is 1. The SMILES string of the molecule is CCNC(Cc1ccc(F)c(F)c1)c1cc(Cl)sc1Cl. The van der Waals surface area contributed by atoms with Crippen molar-refractivity contribution in [2.45, 2.75) is 19.4 Å². The summed E-state index contributed by atoms with van der Waals surface area (Å²) >= 11 is 13.4. The summed E-state index contributed by atoms with van der Waals surface area (Å²) in [6.07, 6.45) is 0.512. The van der Waals surface area contributed by atoms with Gasteiger partial charge < -0.3 is 5.32 Å². The van der Waals surface area contributed by atoms with E-state index in [0.29, 0.717) is 20.7 Å². The number of hydrogen-bond acceptors (Lipinski definition) is 2. The van der Waals surface area contributed by atoms with Crippen LogP contribution in [0.5, 0.6) is 0 Å². The topological polar surface area (TPSA) is 12.0 Å². The van der Waals surface area contributed by atoms with Gasteiger partial charge in [-0.2, -0.15) is 0 Å². The van der Waals surface area contributed by atoms with Crippen LogP contribution < -0.4 is 5.32 Å². The lowest BCUT2D eigenvalue weighted by Gasteiger charge is -2.17. The van der Waals surface area contributed by atoms with Crippen LogP contribution in [0.3, 0.4) is 0 Å². The Hall–Kier alpha value is -0.680. The van der Waals surface area contributed by atoms with E-state index in [-0.39, 0.29) is 6.04 Å². The smallest absolute Gasteiger partial charge is 0.159 e. The molecule has 0 amide bonds. The Morgan fingerprint density at radius 3 is 2.50 bits per heavy atom. The second-order valence-electron chi connectivity index (χ2n) is 4.34. The molecular formula is C14H13Cl2F2NS. The van der Waals surface area contributed by atoms with Crippen molar-refractivity contribution in [1.29, 1.82) is 0 Å². The average molecular weight is 336 g/mol. The van der Waals surface area contributed by atoms with Crippen LogP contribution in [-0.2, 0) is 6.42 Å². The summed E-state index contributed by atoms with van der Waals surface area (Å²) in [5.74, 6) is -1.68. The molecule has 1 atom stereocenters. The van der Waals surface area contributed by atoms with Crippen molar-refractivity contribution >= 4 is 34.5 Å². The van der Waals surface area contributed by atoms with Crippen LogP contribution in [0, 0.1) is 11.6 Å². The van der Waals surface area contributed by atoms with Gasteiger partial charge in [0.1, 0.15) is 0 Å². The van der Waals surface area contributed by atoms with Gasteiger partial charge >= 0.3 is 0 Å². The second kappa shape index (κ2) is 6.85. The summed E-state index contributed by atoms with van der Waals surface area (Å²) in [6, 6.07) is 5.64. The normalized spacial score (nSPS) is 12.7. The number of nitrogens with one attached hydrogen (secondary N) is 1. The number of rotatable bonds is 5. The zero-order valence-electron chi connectivity index (χ0n) is 10.7. The third-order valence-electron chi connectivity index (χ3n) is 2.93. The molecule has 1 aromatic heterocycles.